The molecule has 0 radical (unpaired) electrons. The molecular weight excluding hydrogens is 278 g/mol. The lowest BCUT2D eigenvalue weighted by atomic mass is 10.0. The highest BCUT2D eigenvalue weighted by Crippen LogP contribution is 2.23. The molecule has 1 aromatic carbocycles. The number of sulfonamides is 1. The van der Waals surface area contributed by atoms with Gasteiger partial charge in [0.1, 0.15) is 5.75 Å². The molecule has 0 saturated carbocycles. The Balaban J connectivity index is 3.01. The van der Waals surface area contributed by atoms with Gasteiger partial charge in [-0.05, 0) is 57.9 Å². The summed E-state index contributed by atoms with van der Waals surface area (Å²) in [5.74, 6) is 0.682. The van der Waals surface area contributed by atoms with Crippen LogP contribution in [0.4, 0.5) is 0 Å². The van der Waals surface area contributed by atoms with E-state index >= 15 is 0 Å². The summed E-state index contributed by atoms with van der Waals surface area (Å²) in [6, 6.07) is 4.77. The maximum Gasteiger partial charge on any atom is 0.241 e. The number of aliphatic hydroxyl groups excluding tert-OH is 1. The number of aliphatic hydroxyl groups is 1. The Hall–Kier alpha value is -1.11. The standard InChI is InChI=1S/C14H23NO4S/c1-5-19-13-7-6-12(10-11(13)2)20(17,18)15-14(3,4)8-9-16/h6-7,10,15-16H,5,8-9H2,1-4H3. The molecule has 0 fully saturated rings. The predicted octanol–water partition coefficient (Wildman–Crippen LogP) is 1.83. The van der Waals surface area contributed by atoms with E-state index in [4.69, 9.17) is 9.84 Å². The number of aryl methyl sites for hydroxylation is 1. The fraction of sp³-hybridized carbons (Fsp3) is 0.571. The lowest BCUT2D eigenvalue weighted by molar-refractivity contribution is 0.245. The molecule has 1 rings (SSSR count). The average molecular weight is 301 g/mol. The molecule has 0 aliphatic carbocycles. The van der Waals surface area contributed by atoms with E-state index in [0.717, 1.165) is 5.56 Å². The van der Waals surface area contributed by atoms with Crippen LogP contribution in [0, 0.1) is 6.92 Å². The maximum absolute atomic E-state index is 12.3. The van der Waals surface area contributed by atoms with Crippen LogP contribution in [0.3, 0.4) is 0 Å². The third-order valence-corrected chi connectivity index (χ3v) is 4.60. The fourth-order valence-electron chi connectivity index (χ4n) is 1.86. The normalized spacial score (nSPS) is 12.4. The van der Waals surface area contributed by atoms with Crippen molar-refractivity contribution in [3.05, 3.63) is 23.8 Å². The zero-order valence-corrected chi connectivity index (χ0v) is 13.3. The molecule has 0 unspecified atom stereocenters. The smallest absolute Gasteiger partial charge is 0.241 e. The second-order valence-electron chi connectivity index (χ2n) is 5.32. The second kappa shape index (κ2) is 6.56. The summed E-state index contributed by atoms with van der Waals surface area (Å²) in [6.07, 6.45) is 0.349. The summed E-state index contributed by atoms with van der Waals surface area (Å²) in [5.41, 5.74) is 0.0785. The minimum Gasteiger partial charge on any atom is -0.494 e. The first-order valence-electron chi connectivity index (χ1n) is 6.60. The first-order chi connectivity index (χ1) is 9.22. The van der Waals surface area contributed by atoms with Crippen molar-refractivity contribution in [2.75, 3.05) is 13.2 Å². The van der Waals surface area contributed by atoms with Crippen molar-refractivity contribution >= 4 is 10.0 Å². The van der Waals surface area contributed by atoms with Crippen molar-refractivity contribution in [3.63, 3.8) is 0 Å². The molecule has 0 heterocycles. The first-order valence-corrected chi connectivity index (χ1v) is 8.08. The van der Waals surface area contributed by atoms with E-state index in [2.05, 4.69) is 4.72 Å². The highest BCUT2D eigenvalue weighted by atomic mass is 32.2. The van der Waals surface area contributed by atoms with Gasteiger partial charge in [0.25, 0.3) is 0 Å². The lowest BCUT2D eigenvalue weighted by Gasteiger charge is -2.25. The van der Waals surface area contributed by atoms with Crippen molar-refractivity contribution < 1.29 is 18.3 Å². The summed E-state index contributed by atoms with van der Waals surface area (Å²) in [6.45, 7) is 7.63. The predicted molar refractivity (Wildman–Crippen MR) is 78.5 cm³/mol. The molecule has 2 N–H and O–H groups in total. The van der Waals surface area contributed by atoms with Gasteiger partial charge in [0.05, 0.1) is 11.5 Å². The van der Waals surface area contributed by atoms with Crippen molar-refractivity contribution in [1.82, 2.24) is 4.72 Å². The molecule has 0 spiro atoms. The Labute approximate surface area is 121 Å². The van der Waals surface area contributed by atoms with Gasteiger partial charge >= 0.3 is 0 Å². The van der Waals surface area contributed by atoms with Crippen LogP contribution in [0.15, 0.2) is 23.1 Å². The van der Waals surface area contributed by atoms with Gasteiger partial charge in [-0.2, -0.15) is 0 Å². The first kappa shape index (κ1) is 16.9. The topological polar surface area (TPSA) is 75.6 Å². The Morgan fingerprint density at radius 3 is 2.50 bits per heavy atom. The number of rotatable bonds is 7. The summed E-state index contributed by atoms with van der Waals surface area (Å²) in [4.78, 5) is 0.199. The Kier molecular flexibility index (Phi) is 5.56. The second-order valence-corrected chi connectivity index (χ2v) is 7.01. The van der Waals surface area contributed by atoms with E-state index in [1.54, 1.807) is 26.0 Å². The maximum atomic E-state index is 12.3. The van der Waals surface area contributed by atoms with Crippen LogP contribution < -0.4 is 9.46 Å². The summed E-state index contributed by atoms with van der Waals surface area (Å²) < 4.78 is 32.6. The molecule has 1 aromatic rings. The third-order valence-electron chi connectivity index (χ3n) is 2.90. The molecule has 0 amide bonds. The van der Waals surface area contributed by atoms with E-state index in [0.29, 0.717) is 18.8 Å². The van der Waals surface area contributed by atoms with Gasteiger partial charge in [-0.1, -0.05) is 0 Å². The van der Waals surface area contributed by atoms with Gasteiger partial charge in [0.15, 0.2) is 0 Å². The van der Waals surface area contributed by atoms with Crippen LogP contribution in [0.5, 0.6) is 5.75 Å². The summed E-state index contributed by atoms with van der Waals surface area (Å²) in [5, 5.41) is 8.96. The quantitative estimate of drug-likeness (QED) is 0.805. The Bertz CT molecular complexity index is 552. The molecule has 0 aliphatic heterocycles. The van der Waals surface area contributed by atoms with E-state index < -0.39 is 15.6 Å². The lowest BCUT2D eigenvalue weighted by Crippen LogP contribution is -2.43. The molecular formula is C14H23NO4S. The number of nitrogens with one attached hydrogen (secondary N) is 1. The SMILES string of the molecule is CCOc1ccc(S(=O)(=O)NC(C)(C)CCO)cc1C. The number of hydrogen-bond donors (Lipinski definition) is 2. The van der Waals surface area contributed by atoms with Crippen molar-refractivity contribution in [3.8, 4) is 5.75 Å². The van der Waals surface area contributed by atoms with Gasteiger partial charge in [-0.25, -0.2) is 13.1 Å². The average Bonchev–Trinajstić information content (AvgIpc) is 2.30. The molecule has 0 saturated heterocycles. The molecule has 114 valence electrons. The van der Waals surface area contributed by atoms with Crippen molar-refractivity contribution in [1.29, 1.82) is 0 Å². The fourth-order valence-corrected chi connectivity index (χ4v) is 3.39. The molecule has 0 bridgehead atoms. The number of hydrogen-bond acceptors (Lipinski definition) is 4. The van der Waals surface area contributed by atoms with Crippen LogP contribution in [0.2, 0.25) is 0 Å². The molecule has 0 aliphatic rings. The van der Waals surface area contributed by atoms with Gasteiger partial charge in [0.2, 0.25) is 10.0 Å². The highest BCUT2D eigenvalue weighted by molar-refractivity contribution is 7.89. The van der Waals surface area contributed by atoms with Gasteiger partial charge in [-0.15, -0.1) is 0 Å². The molecule has 6 heteroatoms. The monoisotopic (exact) mass is 301 g/mol. The van der Waals surface area contributed by atoms with E-state index in [1.165, 1.54) is 6.07 Å². The van der Waals surface area contributed by atoms with Crippen LogP contribution in [0.25, 0.3) is 0 Å². The van der Waals surface area contributed by atoms with Crippen molar-refractivity contribution in [2.45, 2.75) is 44.6 Å². The Morgan fingerprint density at radius 1 is 1.35 bits per heavy atom. The number of ether oxygens (including phenoxy) is 1. The van der Waals surface area contributed by atoms with Crippen LogP contribution in [-0.2, 0) is 10.0 Å². The summed E-state index contributed by atoms with van der Waals surface area (Å²) in [7, 11) is -3.61. The van der Waals surface area contributed by atoms with Gasteiger partial charge < -0.3 is 9.84 Å². The van der Waals surface area contributed by atoms with Gasteiger partial charge in [0, 0.05) is 12.1 Å². The molecule has 5 nitrogen and oxygen atoms in total. The number of benzene rings is 1. The van der Waals surface area contributed by atoms with E-state index in [9.17, 15) is 8.42 Å². The minimum atomic E-state index is -3.61. The molecule has 0 atom stereocenters. The van der Waals surface area contributed by atoms with Crippen molar-refractivity contribution in [2.24, 2.45) is 0 Å². The summed E-state index contributed by atoms with van der Waals surface area (Å²) >= 11 is 0. The van der Waals surface area contributed by atoms with E-state index in [-0.39, 0.29) is 11.5 Å². The van der Waals surface area contributed by atoms with Gasteiger partial charge in [-0.3, -0.25) is 0 Å². The van der Waals surface area contributed by atoms with Crippen LogP contribution in [-0.4, -0.2) is 32.3 Å². The highest BCUT2D eigenvalue weighted by Gasteiger charge is 2.26. The van der Waals surface area contributed by atoms with Crippen LogP contribution in [0.1, 0.15) is 32.8 Å². The van der Waals surface area contributed by atoms with E-state index in [1.807, 2.05) is 13.8 Å². The largest absolute Gasteiger partial charge is 0.494 e. The molecule has 20 heavy (non-hydrogen) atoms. The van der Waals surface area contributed by atoms with Crippen LogP contribution >= 0.6 is 0 Å². The third kappa shape index (κ3) is 4.47. The minimum absolute atomic E-state index is 0.0716. The zero-order chi connectivity index (χ0) is 15.4. The molecule has 0 aromatic heterocycles. The zero-order valence-electron chi connectivity index (χ0n) is 12.4. The Morgan fingerprint density at radius 2 is 2.00 bits per heavy atom.